The van der Waals surface area contributed by atoms with Crippen LogP contribution in [0.3, 0.4) is 0 Å². The standard InChI is InChI=1S/C6H9N3O2/c7-4-9-6(10)5-3-11-2-1-8-5/h5,8H,1-3H2,(H,9,10). The smallest absolute Gasteiger partial charge is 0.252 e. The van der Waals surface area contributed by atoms with Crippen LogP contribution in [-0.2, 0) is 9.53 Å². The summed E-state index contributed by atoms with van der Waals surface area (Å²) in [5.74, 6) is -0.327. The Kier molecular flexibility index (Phi) is 2.83. The first kappa shape index (κ1) is 7.98. The number of carbonyl (C=O) groups is 1. The molecule has 0 bridgehead atoms. The molecule has 2 N–H and O–H groups in total. The van der Waals surface area contributed by atoms with Gasteiger partial charge in [-0.3, -0.25) is 10.1 Å². The van der Waals surface area contributed by atoms with E-state index < -0.39 is 0 Å². The van der Waals surface area contributed by atoms with Gasteiger partial charge < -0.3 is 10.1 Å². The van der Waals surface area contributed by atoms with Gasteiger partial charge in [0.1, 0.15) is 6.04 Å². The first-order valence-electron chi connectivity index (χ1n) is 3.34. The molecule has 0 aliphatic carbocycles. The summed E-state index contributed by atoms with van der Waals surface area (Å²) in [6.45, 7) is 1.62. The molecule has 1 fully saturated rings. The van der Waals surface area contributed by atoms with Crippen molar-refractivity contribution >= 4 is 5.91 Å². The van der Waals surface area contributed by atoms with Crippen molar-refractivity contribution in [2.24, 2.45) is 0 Å². The molecular weight excluding hydrogens is 146 g/mol. The summed E-state index contributed by atoms with van der Waals surface area (Å²) in [7, 11) is 0. The highest BCUT2D eigenvalue weighted by Crippen LogP contribution is 1.91. The van der Waals surface area contributed by atoms with Crippen molar-refractivity contribution < 1.29 is 9.53 Å². The first-order valence-corrected chi connectivity index (χ1v) is 3.34. The maximum absolute atomic E-state index is 10.9. The molecule has 11 heavy (non-hydrogen) atoms. The lowest BCUT2D eigenvalue weighted by Gasteiger charge is -2.21. The number of nitrogens with one attached hydrogen (secondary N) is 2. The number of amides is 1. The molecule has 1 aliphatic rings. The lowest BCUT2D eigenvalue weighted by molar-refractivity contribution is -0.124. The summed E-state index contributed by atoms with van der Waals surface area (Å²) in [4.78, 5) is 10.9. The quantitative estimate of drug-likeness (QED) is 0.359. The van der Waals surface area contributed by atoms with Crippen molar-refractivity contribution in [3.8, 4) is 6.19 Å². The van der Waals surface area contributed by atoms with Crippen LogP contribution >= 0.6 is 0 Å². The zero-order valence-corrected chi connectivity index (χ0v) is 5.96. The Bertz CT molecular complexity index is 181. The number of nitrogens with zero attached hydrogens (tertiary/aromatic N) is 1. The molecule has 1 unspecified atom stereocenters. The molecule has 1 aliphatic heterocycles. The molecule has 1 rings (SSSR count). The van der Waals surface area contributed by atoms with E-state index in [0.717, 1.165) is 0 Å². The Morgan fingerprint density at radius 3 is 3.18 bits per heavy atom. The summed E-state index contributed by atoms with van der Waals surface area (Å²) in [6, 6.07) is -0.372. The van der Waals surface area contributed by atoms with Gasteiger partial charge in [0, 0.05) is 6.54 Å². The maximum Gasteiger partial charge on any atom is 0.252 e. The molecule has 0 radical (unpaired) electrons. The van der Waals surface area contributed by atoms with Gasteiger partial charge in [-0.05, 0) is 0 Å². The summed E-state index contributed by atoms with van der Waals surface area (Å²) < 4.78 is 5.02. The van der Waals surface area contributed by atoms with Gasteiger partial charge in [0.2, 0.25) is 0 Å². The van der Waals surface area contributed by atoms with E-state index in [9.17, 15) is 4.79 Å². The average molecular weight is 155 g/mol. The normalized spacial score (nSPS) is 23.7. The Morgan fingerprint density at radius 1 is 1.82 bits per heavy atom. The van der Waals surface area contributed by atoms with Gasteiger partial charge in [0.15, 0.2) is 6.19 Å². The first-order chi connectivity index (χ1) is 5.34. The molecule has 5 heteroatoms. The predicted octanol–water partition coefficient (Wildman–Crippen LogP) is -1.43. The van der Waals surface area contributed by atoms with Crippen LogP contribution in [0.2, 0.25) is 0 Å². The minimum Gasteiger partial charge on any atom is -0.378 e. The topological polar surface area (TPSA) is 74.2 Å². The van der Waals surface area contributed by atoms with E-state index in [1.54, 1.807) is 6.19 Å². The molecule has 1 atom stereocenters. The Morgan fingerprint density at radius 2 is 2.64 bits per heavy atom. The fourth-order valence-electron chi connectivity index (χ4n) is 0.876. The second-order valence-electron chi connectivity index (χ2n) is 2.18. The second-order valence-corrected chi connectivity index (χ2v) is 2.18. The SMILES string of the molecule is N#CNC(=O)C1COCCN1. The van der Waals surface area contributed by atoms with Crippen molar-refractivity contribution in [3.63, 3.8) is 0 Å². The van der Waals surface area contributed by atoms with Crippen LogP contribution in [0.15, 0.2) is 0 Å². The highest BCUT2D eigenvalue weighted by atomic mass is 16.5. The number of hydrogen-bond donors (Lipinski definition) is 2. The zero-order valence-electron chi connectivity index (χ0n) is 5.96. The van der Waals surface area contributed by atoms with E-state index in [1.165, 1.54) is 0 Å². The van der Waals surface area contributed by atoms with Crippen LogP contribution < -0.4 is 10.6 Å². The van der Waals surface area contributed by atoms with E-state index in [0.29, 0.717) is 19.8 Å². The van der Waals surface area contributed by atoms with Crippen LogP contribution in [0.1, 0.15) is 0 Å². The summed E-state index contributed by atoms with van der Waals surface area (Å²) in [5.41, 5.74) is 0. The minimum absolute atomic E-state index is 0.327. The van der Waals surface area contributed by atoms with Gasteiger partial charge in [0.05, 0.1) is 13.2 Å². The fourth-order valence-corrected chi connectivity index (χ4v) is 0.876. The van der Waals surface area contributed by atoms with E-state index in [1.807, 2.05) is 5.32 Å². The number of carbonyl (C=O) groups excluding carboxylic acids is 1. The second kappa shape index (κ2) is 3.91. The molecule has 1 heterocycles. The molecule has 1 amide bonds. The Labute approximate surface area is 64.3 Å². The third-order valence-corrected chi connectivity index (χ3v) is 1.42. The minimum atomic E-state index is -0.372. The van der Waals surface area contributed by atoms with Gasteiger partial charge in [-0.1, -0.05) is 0 Å². The largest absolute Gasteiger partial charge is 0.378 e. The van der Waals surface area contributed by atoms with E-state index >= 15 is 0 Å². The lowest BCUT2D eigenvalue weighted by Crippen LogP contribution is -2.50. The average Bonchev–Trinajstić information content (AvgIpc) is 2.07. The molecule has 0 spiro atoms. The van der Waals surface area contributed by atoms with Crippen LogP contribution in [0.4, 0.5) is 0 Å². The Balaban J connectivity index is 2.34. The number of nitriles is 1. The molecule has 0 aromatic carbocycles. The van der Waals surface area contributed by atoms with E-state index in [-0.39, 0.29) is 11.9 Å². The van der Waals surface area contributed by atoms with E-state index in [4.69, 9.17) is 10.00 Å². The third kappa shape index (κ3) is 2.18. The van der Waals surface area contributed by atoms with Crippen molar-refractivity contribution in [1.82, 2.24) is 10.6 Å². The van der Waals surface area contributed by atoms with Gasteiger partial charge >= 0.3 is 0 Å². The van der Waals surface area contributed by atoms with Gasteiger partial charge in [0.25, 0.3) is 5.91 Å². The molecule has 0 aromatic rings. The number of ether oxygens (including phenoxy) is 1. The van der Waals surface area contributed by atoms with Gasteiger partial charge in [-0.15, -0.1) is 0 Å². The highest BCUT2D eigenvalue weighted by Gasteiger charge is 2.20. The van der Waals surface area contributed by atoms with Crippen LogP contribution in [0.25, 0.3) is 0 Å². The van der Waals surface area contributed by atoms with Crippen molar-refractivity contribution in [3.05, 3.63) is 0 Å². The van der Waals surface area contributed by atoms with Crippen molar-refractivity contribution in [1.29, 1.82) is 5.26 Å². The van der Waals surface area contributed by atoms with Gasteiger partial charge in [-0.25, -0.2) is 0 Å². The maximum atomic E-state index is 10.9. The summed E-state index contributed by atoms with van der Waals surface area (Å²) >= 11 is 0. The summed E-state index contributed by atoms with van der Waals surface area (Å²) in [6.07, 6.45) is 1.57. The lowest BCUT2D eigenvalue weighted by atomic mass is 10.2. The third-order valence-electron chi connectivity index (χ3n) is 1.42. The molecular formula is C6H9N3O2. The summed E-state index contributed by atoms with van der Waals surface area (Å²) in [5, 5.41) is 13.1. The van der Waals surface area contributed by atoms with E-state index in [2.05, 4.69) is 5.32 Å². The zero-order chi connectivity index (χ0) is 8.10. The van der Waals surface area contributed by atoms with Gasteiger partial charge in [-0.2, -0.15) is 5.26 Å². The molecule has 5 nitrogen and oxygen atoms in total. The van der Waals surface area contributed by atoms with Crippen LogP contribution in [0.5, 0.6) is 0 Å². The molecule has 0 aromatic heterocycles. The molecule has 1 saturated heterocycles. The van der Waals surface area contributed by atoms with Crippen LogP contribution in [-0.4, -0.2) is 31.7 Å². The van der Waals surface area contributed by atoms with Crippen molar-refractivity contribution in [2.75, 3.05) is 19.8 Å². The van der Waals surface area contributed by atoms with Crippen molar-refractivity contribution in [2.45, 2.75) is 6.04 Å². The number of morpholine rings is 1. The predicted molar refractivity (Wildman–Crippen MR) is 36.4 cm³/mol. The molecule has 60 valence electrons. The number of rotatable bonds is 1. The fraction of sp³-hybridized carbons (Fsp3) is 0.667. The number of hydrogen-bond acceptors (Lipinski definition) is 4. The monoisotopic (exact) mass is 155 g/mol. The molecule has 0 saturated carbocycles. The highest BCUT2D eigenvalue weighted by molar-refractivity contribution is 5.83. The Hall–Kier alpha value is -1.12. The van der Waals surface area contributed by atoms with Crippen LogP contribution in [0, 0.1) is 11.5 Å².